The summed E-state index contributed by atoms with van der Waals surface area (Å²) in [6, 6.07) is 35.8. The fourth-order valence-corrected chi connectivity index (χ4v) is 6.72. The van der Waals surface area contributed by atoms with Gasteiger partial charge in [-0.2, -0.15) is 0 Å². The fraction of sp³-hybridized carbons (Fsp3) is 0. The van der Waals surface area contributed by atoms with Gasteiger partial charge in [0.15, 0.2) is 0 Å². The van der Waals surface area contributed by atoms with Gasteiger partial charge in [-0.25, -0.2) is 9.97 Å². The Balaban J connectivity index is 1.27. The molecule has 0 aliphatic heterocycles. The molecule has 0 N–H and O–H groups in total. The highest BCUT2D eigenvalue weighted by atomic mass is 32.1. The van der Waals surface area contributed by atoms with Gasteiger partial charge in [0.25, 0.3) is 0 Å². The molecule has 178 valence electrons. The summed E-state index contributed by atoms with van der Waals surface area (Å²) in [7, 11) is 0. The van der Waals surface area contributed by atoms with E-state index in [1.54, 1.807) is 22.7 Å². The molecule has 0 saturated heterocycles. The molecule has 0 spiro atoms. The second-order valence-electron chi connectivity index (χ2n) is 9.64. The van der Waals surface area contributed by atoms with Crippen LogP contribution in [0.1, 0.15) is 0 Å². The number of thiazole rings is 2. The monoisotopic (exact) mass is 520 g/mol. The number of nitrogens with zero attached hydrogens (tertiary/aromatic N) is 2. The van der Waals surface area contributed by atoms with E-state index in [0.29, 0.717) is 0 Å². The third-order valence-electron chi connectivity index (χ3n) is 7.38. The standard InChI is InChI=1S/C34H20N2S2/c1-3-21(11-23(5-1)31-17-37-19-35-31)29-13-25-7-9-27-15-30(16-28-10-8-26(14-29)33(25)34(27)28)22-4-2-6-24(12-22)32-18-38-20-36-32/h1-20H. The molecule has 8 rings (SSSR count). The molecule has 38 heavy (non-hydrogen) atoms. The highest BCUT2D eigenvalue weighted by Gasteiger charge is 2.13. The second-order valence-corrected chi connectivity index (χ2v) is 11.1. The molecule has 0 atom stereocenters. The van der Waals surface area contributed by atoms with Crippen molar-refractivity contribution in [3.63, 3.8) is 0 Å². The third-order valence-corrected chi connectivity index (χ3v) is 8.55. The number of hydrogen-bond donors (Lipinski definition) is 0. The summed E-state index contributed by atoms with van der Waals surface area (Å²) in [6.45, 7) is 0. The van der Waals surface area contributed by atoms with Crippen molar-refractivity contribution >= 4 is 55.0 Å². The lowest BCUT2D eigenvalue weighted by molar-refractivity contribution is 1.41. The van der Waals surface area contributed by atoms with Crippen molar-refractivity contribution < 1.29 is 0 Å². The Morgan fingerprint density at radius 1 is 0.395 bits per heavy atom. The minimum atomic E-state index is 1.03. The number of benzene rings is 6. The zero-order valence-electron chi connectivity index (χ0n) is 20.3. The van der Waals surface area contributed by atoms with Gasteiger partial charge in [-0.3, -0.25) is 0 Å². The van der Waals surface area contributed by atoms with Crippen LogP contribution in [0.3, 0.4) is 0 Å². The Hall–Kier alpha value is -4.38. The largest absolute Gasteiger partial charge is 0.245 e. The van der Waals surface area contributed by atoms with E-state index >= 15 is 0 Å². The first-order chi connectivity index (χ1) is 18.8. The summed E-state index contributed by atoms with van der Waals surface area (Å²) in [5.74, 6) is 0. The van der Waals surface area contributed by atoms with Crippen molar-refractivity contribution in [1.29, 1.82) is 0 Å². The van der Waals surface area contributed by atoms with Gasteiger partial charge >= 0.3 is 0 Å². The molecule has 2 nitrogen and oxygen atoms in total. The molecule has 6 aromatic carbocycles. The van der Waals surface area contributed by atoms with E-state index in [9.17, 15) is 0 Å². The fourth-order valence-electron chi connectivity index (χ4n) is 5.60. The average Bonchev–Trinajstić information content (AvgIpc) is 3.71. The summed E-state index contributed by atoms with van der Waals surface area (Å²) >= 11 is 3.26. The van der Waals surface area contributed by atoms with Gasteiger partial charge in [0.1, 0.15) is 0 Å². The lowest BCUT2D eigenvalue weighted by atomic mass is 9.89. The Morgan fingerprint density at radius 3 is 1.16 bits per heavy atom. The minimum Gasteiger partial charge on any atom is -0.245 e. The third kappa shape index (κ3) is 3.53. The van der Waals surface area contributed by atoms with Crippen LogP contribution in [-0.2, 0) is 0 Å². The summed E-state index contributed by atoms with van der Waals surface area (Å²) in [6.07, 6.45) is 0. The molecule has 0 saturated carbocycles. The van der Waals surface area contributed by atoms with Crippen molar-refractivity contribution in [2.24, 2.45) is 0 Å². The summed E-state index contributed by atoms with van der Waals surface area (Å²) in [4.78, 5) is 9.00. The smallest absolute Gasteiger partial charge is 0.0811 e. The first-order valence-electron chi connectivity index (χ1n) is 12.5. The first kappa shape index (κ1) is 21.7. The maximum Gasteiger partial charge on any atom is 0.0811 e. The molecule has 0 unspecified atom stereocenters. The Kier molecular flexibility index (Phi) is 4.90. The van der Waals surface area contributed by atoms with Crippen molar-refractivity contribution in [1.82, 2.24) is 9.97 Å². The molecule has 0 amide bonds. The quantitative estimate of drug-likeness (QED) is 0.216. The van der Waals surface area contributed by atoms with E-state index in [0.717, 1.165) is 22.5 Å². The molecule has 0 bridgehead atoms. The van der Waals surface area contributed by atoms with Crippen molar-refractivity contribution in [2.75, 3.05) is 0 Å². The first-order valence-corrected chi connectivity index (χ1v) is 14.4. The van der Waals surface area contributed by atoms with Crippen LogP contribution in [0.2, 0.25) is 0 Å². The van der Waals surface area contributed by atoms with Crippen LogP contribution in [-0.4, -0.2) is 9.97 Å². The van der Waals surface area contributed by atoms with Gasteiger partial charge < -0.3 is 0 Å². The van der Waals surface area contributed by atoms with E-state index < -0.39 is 0 Å². The van der Waals surface area contributed by atoms with Crippen molar-refractivity contribution in [2.45, 2.75) is 0 Å². The zero-order valence-corrected chi connectivity index (χ0v) is 21.9. The van der Waals surface area contributed by atoms with Crippen LogP contribution >= 0.6 is 22.7 Å². The number of aromatic nitrogens is 2. The predicted octanol–water partition coefficient (Wildman–Crippen LogP) is 10.2. The second kappa shape index (κ2) is 8.59. The molecule has 0 fully saturated rings. The normalized spacial score (nSPS) is 11.7. The highest BCUT2D eigenvalue weighted by Crippen LogP contribution is 2.40. The lowest BCUT2D eigenvalue weighted by Gasteiger charge is -2.15. The summed E-state index contributed by atoms with van der Waals surface area (Å²) < 4.78 is 0. The summed E-state index contributed by atoms with van der Waals surface area (Å²) in [5, 5.41) is 12.0. The maximum absolute atomic E-state index is 4.50. The average molecular weight is 521 g/mol. The van der Waals surface area contributed by atoms with Crippen LogP contribution in [0.25, 0.3) is 77.1 Å². The molecule has 2 aromatic heterocycles. The van der Waals surface area contributed by atoms with E-state index in [2.05, 4.69) is 118 Å². The molecular weight excluding hydrogens is 501 g/mol. The van der Waals surface area contributed by atoms with Gasteiger partial charge in [-0.1, -0.05) is 60.7 Å². The van der Waals surface area contributed by atoms with Crippen LogP contribution in [0.4, 0.5) is 0 Å². The van der Waals surface area contributed by atoms with Crippen molar-refractivity contribution in [3.8, 4) is 44.8 Å². The zero-order chi connectivity index (χ0) is 25.1. The van der Waals surface area contributed by atoms with Gasteiger partial charge in [0, 0.05) is 21.9 Å². The Bertz CT molecular complexity index is 1860. The van der Waals surface area contributed by atoms with Gasteiger partial charge in [0.05, 0.1) is 22.4 Å². The van der Waals surface area contributed by atoms with Crippen molar-refractivity contribution in [3.05, 3.63) is 119 Å². The van der Waals surface area contributed by atoms with Gasteiger partial charge in [-0.15, -0.1) is 22.7 Å². The molecule has 0 aliphatic rings. The van der Waals surface area contributed by atoms with E-state index in [4.69, 9.17) is 0 Å². The topological polar surface area (TPSA) is 25.8 Å². The van der Waals surface area contributed by atoms with E-state index in [1.165, 1.54) is 54.6 Å². The van der Waals surface area contributed by atoms with Crippen LogP contribution in [0, 0.1) is 0 Å². The van der Waals surface area contributed by atoms with Crippen LogP contribution in [0.15, 0.2) is 119 Å². The Morgan fingerprint density at radius 2 is 0.789 bits per heavy atom. The summed E-state index contributed by atoms with van der Waals surface area (Å²) in [5.41, 5.74) is 13.0. The SMILES string of the molecule is c1cc(-c2cc3ccc4cc(-c5cccc(-c6cscn6)c5)cc5ccc(c2)c3c45)cc(-c2cscn2)c1. The molecule has 2 heterocycles. The Labute approximate surface area is 227 Å². The molecule has 0 aliphatic carbocycles. The number of hydrogen-bond acceptors (Lipinski definition) is 4. The van der Waals surface area contributed by atoms with Gasteiger partial charge in [-0.05, 0) is 91.0 Å². The number of rotatable bonds is 4. The van der Waals surface area contributed by atoms with E-state index in [1.807, 2.05) is 11.0 Å². The highest BCUT2D eigenvalue weighted by molar-refractivity contribution is 7.08. The minimum absolute atomic E-state index is 1.03. The molecule has 8 aromatic rings. The molecule has 4 heteroatoms. The predicted molar refractivity (Wildman–Crippen MR) is 163 cm³/mol. The van der Waals surface area contributed by atoms with Crippen LogP contribution < -0.4 is 0 Å². The maximum atomic E-state index is 4.50. The molecular formula is C34H20N2S2. The molecule has 0 radical (unpaired) electrons. The van der Waals surface area contributed by atoms with E-state index in [-0.39, 0.29) is 0 Å². The van der Waals surface area contributed by atoms with Crippen LogP contribution in [0.5, 0.6) is 0 Å². The lowest BCUT2D eigenvalue weighted by Crippen LogP contribution is -1.88. The van der Waals surface area contributed by atoms with Gasteiger partial charge in [0.2, 0.25) is 0 Å².